The summed E-state index contributed by atoms with van der Waals surface area (Å²) >= 11 is 1.50. The first-order chi connectivity index (χ1) is 15.1. The molecule has 5 rings (SSSR count). The smallest absolute Gasteiger partial charge is 0.420 e. The van der Waals surface area contributed by atoms with Gasteiger partial charge in [-0.3, -0.25) is 9.36 Å². The summed E-state index contributed by atoms with van der Waals surface area (Å²) in [4.78, 5) is 31.2. The third kappa shape index (κ3) is 3.88. The Morgan fingerprint density at radius 2 is 2.03 bits per heavy atom. The molecule has 1 amide bonds. The fourth-order valence-electron chi connectivity index (χ4n) is 3.83. The summed E-state index contributed by atoms with van der Waals surface area (Å²) in [6.07, 6.45) is 1.43. The number of nitrogens with zero attached hydrogens (tertiary/aromatic N) is 3. The maximum Gasteiger partial charge on any atom is 0.420 e. The van der Waals surface area contributed by atoms with Gasteiger partial charge in [0.05, 0.1) is 22.8 Å². The fraction of sp³-hybridized carbons (Fsp3) is 0.318. The van der Waals surface area contributed by atoms with E-state index in [2.05, 4.69) is 4.98 Å². The van der Waals surface area contributed by atoms with E-state index in [0.29, 0.717) is 42.2 Å². The van der Waals surface area contributed by atoms with Crippen molar-refractivity contribution in [1.82, 2.24) is 14.5 Å². The van der Waals surface area contributed by atoms with Gasteiger partial charge in [-0.25, -0.2) is 9.78 Å². The second-order valence-electron chi connectivity index (χ2n) is 7.43. The summed E-state index contributed by atoms with van der Waals surface area (Å²) in [6, 6.07) is 12.9. The molecule has 2 aromatic heterocycles. The van der Waals surface area contributed by atoms with Gasteiger partial charge in [-0.2, -0.15) is 0 Å². The van der Waals surface area contributed by atoms with Crippen LogP contribution in [0.15, 0.2) is 51.7 Å². The Balaban J connectivity index is 1.20. The number of methoxy groups -OCH3 is 1. The molecule has 0 saturated carbocycles. The minimum absolute atomic E-state index is 0.00369. The van der Waals surface area contributed by atoms with Crippen molar-refractivity contribution in [3.63, 3.8) is 0 Å². The van der Waals surface area contributed by atoms with E-state index in [4.69, 9.17) is 13.9 Å². The Morgan fingerprint density at radius 3 is 2.84 bits per heavy atom. The van der Waals surface area contributed by atoms with Gasteiger partial charge in [0.2, 0.25) is 5.91 Å². The van der Waals surface area contributed by atoms with Gasteiger partial charge >= 0.3 is 5.76 Å². The average molecular weight is 439 g/mol. The van der Waals surface area contributed by atoms with Gasteiger partial charge in [0.15, 0.2) is 5.58 Å². The number of carbonyl (C=O) groups excluding carboxylic acids is 1. The van der Waals surface area contributed by atoms with E-state index in [1.54, 1.807) is 30.2 Å². The molecular weight excluding hydrogens is 418 g/mol. The molecule has 0 unspecified atom stereocenters. The van der Waals surface area contributed by atoms with Gasteiger partial charge in [0, 0.05) is 32.0 Å². The summed E-state index contributed by atoms with van der Waals surface area (Å²) in [7, 11) is 1.63. The summed E-state index contributed by atoms with van der Waals surface area (Å²) in [5.41, 5.74) is 1.97. The molecule has 1 aliphatic heterocycles. The van der Waals surface area contributed by atoms with Crippen LogP contribution in [0.2, 0.25) is 0 Å². The molecule has 0 atom stereocenters. The first-order valence-electron chi connectivity index (χ1n) is 10.1. The van der Waals surface area contributed by atoms with Gasteiger partial charge in [-0.15, -0.1) is 0 Å². The number of benzene rings is 2. The van der Waals surface area contributed by atoms with Crippen LogP contribution in [0.1, 0.15) is 12.8 Å². The number of likely N-dealkylation sites (tertiary alicyclic amines) is 1. The highest BCUT2D eigenvalue weighted by atomic mass is 32.1. The molecule has 3 heterocycles. The highest BCUT2D eigenvalue weighted by Gasteiger charge is 2.26. The van der Waals surface area contributed by atoms with Crippen LogP contribution >= 0.6 is 11.3 Å². The molecule has 2 aromatic carbocycles. The van der Waals surface area contributed by atoms with Crippen LogP contribution in [0.4, 0.5) is 0 Å². The average Bonchev–Trinajstić information content (AvgIpc) is 3.33. The number of aromatic nitrogens is 2. The SMILES string of the molecule is COc1ccc2sc(OC3CCN(C(=O)Cn4c(=O)oc5ccccc54)CC3)nc2c1. The second-order valence-corrected chi connectivity index (χ2v) is 8.43. The van der Waals surface area contributed by atoms with Gasteiger partial charge in [0.25, 0.3) is 5.19 Å². The van der Waals surface area contributed by atoms with E-state index in [0.717, 1.165) is 16.0 Å². The summed E-state index contributed by atoms with van der Waals surface area (Å²) in [6.45, 7) is 1.13. The van der Waals surface area contributed by atoms with Crippen LogP contribution in [0.25, 0.3) is 21.3 Å². The highest BCUT2D eigenvalue weighted by Crippen LogP contribution is 2.32. The molecule has 0 radical (unpaired) electrons. The third-order valence-corrected chi connectivity index (χ3v) is 6.43. The standard InChI is InChI=1S/C22H21N3O5S/c1-28-15-6-7-19-16(12-15)23-21(31-19)29-14-8-10-24(11-9-14)20(26)13-25-17-4-2-3-5-18(17)30-22(25)27/h2-7,12,14H,8-11,13H2,1H3. The Bertz CT molecular complexity index is 1300. The molecule has 0 bridgehead atoms. The van der Waals surface area contributed by atoms with Crippen LogP contribution in [-0.4, -0.2) is 46.7 Å². The lowest BCUT2D eigenvalue weighted by Gasteiger charge is -2.31. The molecule has 0 N–H and O–H groups in total. The van der Waals surface area contributed by atoms with E-state index in [1.165, 1.54) is 15.9 Å². The molecule has 1 saturated heterocycles. The van der Waals surface area contributed by atoms with Gasteiger partial charge in [-0.05, 0) is 24.3 Å². The van der Waals surface area contributed by atoms with E-state index < -0.39 is 5.76 Å². The van der Waals surface area contributed by atoms with Crippen LogP contribution in [0.3, 0.4) is 0 Å². The number of amides is 1. The van der Waals surface area contributed by atoms with Crippen LogP contribution in [0.5, 0.6) is 10.9 Å². The lowest BCUT2D eigenvalue weighted by molar-refractivity contribution is -0.133. The van der Waals surface area contributed by atoms with Crippen molar-refractivity contribution in [3.05, 3.63) is 53.0 Å². The van der Waals surface area contributed by atoms with Crippen molar-refractivity contribution >= 4 is 38.6 Å². The first kappa shape index (κ1) is 19.6. The Labute approximate surface area is 181 Å². The van der Waals surface area contributed by atoms with E-state index in [1.807, 2.05) is 24.3 Å². The summed E-state index contributed by atoms with van der Waals surface area (Å²) in [5, 5.41) is 0.629. The number of piperidine rings is 1. The van der Waals surface area contributed by atoms with Crippen molar-refractivity contribution in [2.24, 2.45) is 0 Å². The van der Waals surface area contributed by atoms with Crippen LogP contribution in [0, 0.1) is 0 Å². The third-order valence-electron chi connectivity index (χ3n) is 5.50. The molecule has 0 spiro atoms. The van der Waals surface area contributed by atoms with Crippen molar-refractivity contribution in [1.29, 1.82) is 0 Å². The normalized spacial score (nSPS) is 14.9. The molecule has 4 aromatic rings. The molecule has 8 nitrogen and oxygen atoms in total. The van der Waals surface area contributed by atoms with Crippen molar-refractivity contribution in [2.45, 2.75) is 25.5 Å². The topological polar surface area (TPSA) is 86.8 Å². The molecule has 31 heavy (non-hydrogen) atoms. The second kappa shape index (κ2) is 8.07. The highest BCUT2D eigenvalue weighted by molar-refractivity contribution is 7.20. The number of hydrogen-bond acceptors (Lipinski definition) is 7. The molecule has 160 valence electrons. The van der Waals surface area contributed by atoms with Crippen molar-refractivity contribution < 1.29 is 18.7 Å². The minimum atomic E-state index is -0.514. The maximum absolute atomic E-state index is 12.8. The van der Waals surface area contributed by atoms with Gasteiger partial charge in [-0.1, -0.05) is 23.5 Å². The molecular formula is C22H21N3O5S. The number of fused-ring (bicyclic) bond motifs is 2. The number of carbonyl (C=O) groups is 1. The van der Waals surface area contributed by atoms with Crippen molar-refractivity contribution in [2.75, 3.05) is 20.2 Å². The molecule has 1 aliphatic rings. The number of oxazole rings is 1. The number of ether oxygens (including phenoxy) is 2. The predicted molar refractivity (Wildman–Crippen MR) is 117 cm³/mol. The van der Waals surface area contributed by atoms with E-state index in [9.17, 15) is 9.59 Å². The minimum Gasteiger partial charge on any atom is -0.497 e. The number of hydrogen-bond donors (Lipinski definition) is 0. The lowest BCUT2D eigenvalue weighted by atomic mass is 10.1. The monoisotopic (exact) mass is 439 g/mol. The summed E-state index contributed by atoms with van der Waals surface area (Å²) < 4.78 is 19.0. The zero-order valence-corrected chi connectivity index (χ0v) is 17.8. The maximum atomic E-state index is 12.8. The van der Waals surface area contributed by atoms with E-state index in [-0.39, 0.29) is 18.6 Å². The Kier molecular flexibility index (Phi) is 5.11. The predicted octanol–water partition coefficient (Wildman–Crippen LogP) is 3.28. The van der Waals surface area contributed by atoms with Crippen LogP contribution < -0.4 is 15.2 Å². The van der Waals surface area contributed by atoms with Crippen LogP contribution in [-0.2, 0) is 11.3 Å². The molecule has 9 heteroatoms. The zero-order chi connectivity index (χ0) is 21.4. The lowest BCUT2D eigenvalue weighted by Crippen LogP contribution is -2.43. The number of thiazole rings is 1. The fourth-order valence-corrected chi connectivity index (χ4v) is 4.69. The Hall–Kier alpha value is -3.33. The first-order valence-corrected chi connectivity index (χ1v) is 10.9. The molecule has 1 fully saturated rings. The number of para-hydroxylation sites is 2. The molecule has 0 aliphatic carbocycles. The summed E-state index contributed by atoms with van der Waals surface area (Å²) in [5.74, 6) is 0.153. The van der Waals surface area contributed by atoms with Gasteiger partial charge < -0.3 is 18.8 Å². The Morgan fingerprint density at radius 1 is 1.23 bits per heavy atom. The van der Waals surface area contributed by atoms with Gasteiger partial charge in [0.1, 0.15) is 18.4 Å². The number of rotatable bonds is 5. The zero-order valence-electron chi connectivity index (χ0n) is 16.9. The van der Waals surface area contributed by atoms with Crippen molar-refractivity contribution in [3.8, 4) is 10.9 Å². The largest absolute Gasteiger partial charge is 0.497 e. The van der Waals surface area contributed by atoms with E-state index >= 15 is 0 Å². The quantitative estimate of drug-likeness (QED) is 0.474.